The van der Waals surface area contributed by atoms with Crippen molar-refractivity contribution in [1.82, 2.24) is 15.3 Å². The number of nitrogens with one attached hydrogen (secondary N) is 2. The molecule has 1 amide bonds. The predicted octanol–water partition coefficient (Wildman–Crippen LogP) is 2.62. The Kier molecular flexibility index (Phi) is 4.98. The topological polar surface area (TPSA) is 78.0 Å². The van der Waals surface area contributed by atoms with Crippen LogP contribution in [0.25, 0.3) is 0 Å². The lowest BCUT2D eigenvalue weighted by molar-refractivity contribution is -0.121. The van der Waals surface area contributed by atoms with Crippen LogP contribution in [0.5, 0.6) is 5.75 Å². The first kappa shape index (κ1) is 15.1. The lowest BCUT2D eigenvalue weighted by Crippen LogP contribution is -2.29. The highest BCUT2D eigenvalue weighted by molar-refractivity contribution is 5.76. The van der Waals surface area contributed by atoms with E-state index in [-0.39, 0.29) is 17.7 Å². The summed E-state index contributed by atoms with van der Waals surface area (Å²) in [5, 5.41) is 12.2. The molecule has 0 spiro atoms. The van der Waals surface area contributed by atoms with Crippen molar-refractivity contribution in [2.24, 2.45) is 0 Å². The maximum atomic E-state index is 12.0. The van der Waals surface area contributed by atoms with E-state index in [4.69, 9.17) is 0 Å². The van der Waals surface area contributed by atoms with E-state index in [1.54, 1.807) is 18.3 Å². The summed E-state index contributed by atoms with van der Waals surface area (Å²) in [7, 11) is 0. The van der Waals surface area contributed by atoms with Gasteiger partial charge in [0.1, 0.15) is 11.6 Å². The second kappa shape index (κ2) is 6.92. The molecule has 21 heavy (non-hydrogen) atoms. The van der Waals surface area contributed by atoms with E-state index in [9.17, 15) is 9.90 Å². The van der Waals surface area contributed by atoms with Crippen molar-refractivity contribution >= 4 is 5.91 Å². The SMILES string of the molecule is CCC(NC(=O)CCc1ccc(O)cc1)c1ncc(C)[nH]1. The zero-order valence-electron chi connectivity index (χ0n) is 12.4. The molecule has 1 aromatic carbocycles. The number of carbonyl (C=O) groups is 1. The fourth-order valence-corrected chi connectivity index (χ4v) is 2.16. The van der Waals surface area contributed by atoms with Crippen LogP contribution in [0, 0.1) is 6.92 Å². The Morgan fingerprint density at radius 3 is 2.67 bits per heavy atom. The second-order valence-electron chi connectivity index (χ2n) is 5.15. The summed E-state index contributed by atoms with van der Waals surface area (Å²) in [5.74, 6) is 1.04. The number of aryl methyl sites for hydroxylation is 2. The summed E-state index contributed by atoms with van der Waals surface area (Å²) in [6, 6.07) is 6.85. The van der Waals surface area contributed by atoms with Crippen LogP contribution in [-0.2, 0) is 11.2 Å². The van der Waals surface area contributed by atoms with Gasteiger partial charge >= 0.3 is 0 Å². The first-order valence-electron chi connectivity index (χ1n) is 7.17. The summed E-state index contributed by atoms with van der Waals surface area (Å²) < 4.78 is 0. The third kappa shape index (κ3) is 4.34. The molecule has 2 aromatic rings. The number of hydrogen-bond donors (Lipinski definition) is 3. The molecule has 0 fully saturated rings. The van der Waals surface area contributed by atoms with Crippen molar-refractivity contribution in [1.29, 1.82) is 0 Å². The zero-order chi connectivity index (χ0) is 15.2. The number of phenols is 1. The number of carbonyl (C=O) groups excluding carboxylic acids is 1. The van der Waals surface area contributed by atoms with Crippen LogP contribution in [0.15, 0.2) is 30.5 Å². The van der Waals surface area contributed by atoms with Crippen molar-refractivity contribution in [2.45, 2.75) is 39.2 Å². The molecule has 0 radical (unpaired) electrons. The Bertz CT molecular complexity index is 590. The summed E-state index contributed by atoms with van der Waals surface area (Å²) >= 11 is 0. The molecule has 3 N–H and O–H groups in total. The smallest absolute Gasteiger partial charge is 0.220 e. The van der Waals surface area contributed by atoms with E-state index in [0.29, 0.717) is 12.8 Å². The van der Waals surface area contributed by atoms with Gasteiger partial charge in [0.05, 0.1) is 6.04 Å². The minimum atomic E-state index is -0.0778. The van der Waals surface area contributed by atoms with Gasteiger partial charge in [0.2, 0.25) is 5.91 Å². The van der Waals surface area contributed by atoms with Gasteiger partial charge in [-0.1, -0.05) is 19.1 Å². The lowest BCUT2D eigenvalue weighted by atomic mass is 10.1. The number of rotatable bonds is 6. The van der Waals surface area contributed by atoms with Crippen molar-refractivity contribution in [2.75, 3.05) is 0 Å². The molecule has 5 nitrogen and oxygen atoms in total. The van der Waals surface area contributed by atoms with Gasteiger partial charge in [-0.15, -0.1) is 0 Å². The summed E-state index contributed by atoms with van der Waals surface area (Å²) in [4.78, 5) is 19.5. The monoisotopic (exact) mass is 287 g/mol. The van der Waals surface area contributed by atoms with Crippen molar-refractivity contribution in [3.05, 3.63) is 47.5 Å². The average molecular weight is 287 g/mol. The maximum absolute atomic E-state index is 12.0. The third-order valence-electron chi connectivity index (χ3n) is 3.37. The van der Waals surface area contributed by atoms with Crippen LogP contribution in [0.4, 0.5) is 0 Å². The molecule has 0 aliphatic carbocycles. The molecule has 0 aliphatic heterocycles. The first-order valence-corrected chi connectivity index (χ1v) is 7.17. The van der Waals surface area contributed by atoms with E-state index in [0.717, 1.165) is 23.5 Å². The maximum Gasteiger partial charge on any atom is 0.220 e. The number of H-pyrrole nitrogens is 1. The molecule has 5 heteroatoms. The number of benzene rings is 1. The molecular weight excluding hydrogens is 266 g/mol. The molecule has 0 saturated carbocycles. The summed E-state index contributed by atoms with van der Waals surface area (Å²) in [6.07, 6.45) is 3.62. The van der Waals surface area contributed by atoms with Gasteiger partial charge in [-0.3, -0.25) is 4.79 Å². The normalized spacial score (nSPS) is 12.1. The van der Waals surface area contributed by atoms with Gasteiger partial charge in [0.25, 0.3) is 0 Å². The Hall–Kier alpha value is -2.30. The van der Waals surface area contributed by atoms with Crippen molar-refractivity contribution < 1.29 is 9.90 Å². The van der Waals surface area contributed by atoms with Gasteiger partial charge in [0, 0.05) is 18.3 Å². The number of imidazole rings is 1. The zero-order valence-corrected chi connectivity index (χ0v) is 12.4. The minimum Gasteiger partial charge on any atom is -0.508 e. The Morgan fingerprint density at radius 1 is 1.38 bits per heavy atom. The van der Waals surface area contributed by atoms with E-state index in [1.165, 1.54) is 0 Å². The Labute approximate surface area is 124 Å². The number of phenolic OH excluding ortho intramolecular Hbond substituents is 1. The molecule has 112 valence electrons. The minimum absolute atomic E-state index is 0.00368. The largest absolute Gasteiger partial charge is 0.508 e. The van der Waals surface area contributed by atoms with E-state index < -0.39 is 0 Å². The van der Waals surface area contributed by atoms with Gasteiger partial charge in [-0.05, 0) is 37.5 Å². The molecule has 1 atom stereocenters. The predicted molar refractivity (Wildman–Crippen MR) is 80.9 cm³/mol. The number of aromatic hydroxyl groups is 1. The highest BCUT2D eigenvalue weighted by Gasteiger charge is 2.15. The van der Waals surface area contributed by atoms with Crippen LogP contribution in [0.1, 0.15) is 42.9 Å². The molecule has 1 unspecified atom stereocenters. The standard InChI is InChI=1S/C16H21N3O2/c1-3-14(16-17-10-11(2)18-16)19-15(21)9-6-12-4-7-13(20)8-5-12/h4-5,7-8,10,14,20H,3,6,9H2,1-2H3,(H,17,18)(H,19,21). The lowest BCUT2D eigenvalue weighted by Gasteiger charge is -2.14. The molecular formula is C16H21N3O2. The Balaban J connectivity index is 1.87. The van der Waals surface area contributed by atoms with Crippen LogP contribution in [0.2, 0.25) is 0 Å². The van der Waals surface area contributed by atoms with E-state index >= 15 is 0 Å². The van der Waals surface area contributed by atoms with Crippen LogP contribution in [-0.4, -0.2) is 21.0 Å². The fraction of sp³-hybridized carbons (Fsp3) is 0.375. The van der Waals surface area contributed by atoms with Crippen molar-refractivity contribution in [3.8, 4) is 5.75 Å². The van der Waals surface area contributed by atoms with Crippen molar-refractivity contribution in [3.63, 3.8) is 0 Å². The second-order valence-corrected chi connectivity index (χ2v) is 5.15. The molecule has 1 aromatic heterocycles. The van der Waals surface area contributed by atoms with E-state index in [2.05, 4.69) is 15.3 Å². The van der Waals surface area contributed by atoms with Crippen LogP contribution < -0.4 is 5.32 Å². The Morgan fingerprint density at radius 2 is 2.10 bits per heavy atom. The van der Waals surface area contributed by atoms with E-state index in [1.807, 2.05) is 26.0 Å². The molecule has 2 rings (SSSR count). The third-order valence-corrected chi connectivity index (χ3v) is 3.37. The van der Waals surface area contributed by atoms with Gasteiger partial charge in [-0.25, -0.2) is 4.98 Å². The van der Waals surface area contributed by atoms with Gasteiger partial charge < -0.3 is 15.4 Å². The summed E-state index contributed by atoms with van der Waals surface area (Å²) in [6.45, 7) is 3.96. The van der Waals surface area contributed by atoms with Gasteiger partial charge in [-0.2, -0.15) is 0 Å². The average Bonchev–Trinajstić information content (AvgIpc) is 2.90. The number of amides is 1. The molecule has 0 aliphatic rings. The highest BCUT2D eigenvalue weighted by Crippen LogP contribution is 2.14. The summed E-state index contributed by atoms with van der Waals surface area (Å²) in [5.41, 5.74) is 2.02. The number of hydrogen-bond acceptors (Lipinski definition) is 3. The number of aromatic nitrogens is 2. The van der Waals surface area contributed by atoms with Crippen LogP contribution in [0.3, 0.4) is 0 Å². The molecule has 0 bridgehead atoms. The fourth-order valence-electron chi connectivity index (χ4n) is 2.16. The first-order chi connectivity index (χ1) is 10.1. The molecule has 0 saturated heterocycles. The van der Waals surface area contributed by atoms with Gasteiger partial charge in [0.15, 0.2) is 0 Å². The highest BCUT2D eigenvalue weighted by atomic mass is 16.3. The number of nitrogens with zero attached hydrogens (tertiary/aromatic N) is 1. The quantitative estimate of drug-likeness (QED) is 0.764. The molecule has 1 heterocycles. The number of aromatic amines is 1. The van der Waals surface area contributed by atoms with Crippen LogP contribution >= 0.6 is 0 Å².